The Hall–Kier alpha value is -2.17. The molecule has 0 saturated carbocycles. The average Bonchev–Trinajstić information content (AvgIpc) is 2.79. The zero-order valence-electron chi connectivity index (χ0n) is 18.3. The lowest BCUT2D eigenvalue weighted by atomic mass is 9.89. The van der Waals surface area contributed by atoms with Crippen LogP contribution in [0.4, 0.5) is 0 Å². The van der Waals surface area contributed by atoms with Crippen molar-refractivity contribution in [3.8, 4) is 0 Å². The number of ketones is 1. The third kappa shape index (κ3) is 5.55. The van der Waals surface area contributed by atoms with Crippen molar-refractivity contribution < 1.29 is 9.59 Å². The summed E-state index contributed by atoms with van der Waals surface area (Å²) in [6.45, 7) is 6.14. The fourth-order valence-electron chi connectivity index (χ4n) is 4.83. The smallest absolute Gasteiger partial charge is 0.219 e. The van der Waals surface area contributed by atoms with E-state index in [1.807, 2.05) is 29.2 Å². The molecular formula is C26H31ClN2O2. The Morgan fingerprint density at radius 3 is 2.45 bits per heavy atom. The molecule has 2 aliphatic rings. The molecule has 2 heterocycles. The van der Waals surface area contributed by atoms with Gasteiger partial charge < -0.3 is 9.80 Å². The minimum absolute atomic E-state index is 0.0993. The van der Waals surface area contributed by atoms with Crippen LogP contribution >= 0.6 is 11.6 Å². The number of nitrogens with zero attached hydrogens (tertiary/aromatic N) is 2. The van der Waals surface area contributed by atoms with Crippen LogP contribution < -0.4 is 0 Å². The molecule has 0 spiro atoms. The molecule has 4 nitrogen and oxygen atoms in total. The predicted octanol–water partition coefficient (Wildman–Crippen LogP) is 5.09. The van der Waals surface area contributed by atoms with Crippen molar-refractivity contribution in [2.45, 2.75) is 51.5 Å². The van der Waals surface area contributed by atoms with Crippen LogP contribution in [0.5, 0.6) is 0 Å². The van der Waals surface area contributed by atoms with Crippen LogP contribution in [-0.2, 0) is 17.8 Å². The van der Waals surface area contributed by atoms with E-state index in [0.717, 1.165) is 68.0 Å². The van der Waals surface area contributed by atoms with Crippen molar-refractivity contribution >= 4 is 23.3 Å². The fourth-order valence-corrected chi connectivity index (χ4v) is 4.96. The Morgan fingerprint density at radius 1 is 1.00 bits per heavy atom. The van der Waals surface area contributed by atoms with Gasteiger partial charge >= 0.3 is 0 Å². The molecule has 0 unspecified atom stereocenters. The van der Waals surface area contributed by atoms with E-state index in [4.69, 9.17) is 11.6 Å². The summed E-state index contributed by atoms with van der Waals surface area (Å²) < 4.78 is 0. The molecule has 164 valence electrons. The minimum Gasteiger partial charge on any atom is -0.338 e. The molecular weight excluding hydrogens is 408 g/mol. The number of halogens is 1. The van der Waals surface area contributed by atoms with Crippen molar-refractivity contribution in [1.82, 2.24) is 9.80 Å². The summed E-state index contributed by atoms with van der Waals surface area (Å²) in [7, 11) is 0. The minimum atomic E-state index is 0.0993. The third-order valence-electron chi connectivity index (χ3n) is 6.79. The second-order valence-corrected chi connectivity index (χ2v) is 9.30. The number of Topliss-reactive ketones (excluding diaryl/α,β-unsaturated/α-hetero) is 1. The number of carbonyl (C=O) groups is 2. The van der Waals surface area contributed by atoms with Crippen LogP contribution in [0.2, 0.25) is 5.02 Å². The van der Waals surface area contributed by atoms with Crippen LogP contribution in [0.15, 0.2) is 42.5 Å². The second kappa shape index (κ2) is 9.97. The first-order chi connectivity index (χ1) is 15.0. The van der Waals surface area contributed by atoms with Gasteiger partial charge in [-0.1, -0.05) is 35.9 Å². The Labute approximate surface area is 190 Å². The molecule has 0 aliphatic carbocycles. The Balaban J connectivity index is 1.23. The van der Waals surface area contributed by atoms with Crippen LogP contribution in [0.1, 0.15) is 65.6 Å². The lowest BCUT2D eigenvalue weighted by Gasteiger charge is -2.32. The van der Waals surface area contributed by atoms with Gasteiger partial charge in [0, 0.05) is 37.0 Å². The topological polar surface area (TPSA) is 40.6 Å². The number of hydrogen-bond acceptors (Lipinski definition) is 3. The summed E-state index contributed by atoms with van der Waals surface area (Å²) >= 11 is 6.00. The van der Waals surface area contributed by atoms with Gasteiger partial charge in [0.1, 0.15) is 0 Å². The van der Waals surface area contributed by atoms with Gasteiger partial charge in [-0.2, -0.15) is 0 Å². The van der Waals surface area contributed by atoms with Gasteiger partial charge in [0.25, 0.3) is 0 Å². The number of likely N-dealkylation sites (tertiary alicyclic amines) is 1. The van der Waals surface area contributed by atoms with E-state index in [2.05, 4.69) is 23.1 Å². The number of fused-ring (bicyclic) bond motifs is 1. The molecule has 1 fully saturated rings. The van der Waals surface area contributed by atoms with Crippen molar-refractivity contribution in [2.24, 2.45) is 0 Å². The van der Waals surface area contributed by atoms with E-state index < -0.39 is 0 Å². The Morgan fingerprint density at radius 2 is 1.74 bits per heavy atom. The molecule has 0 radical (unpaired) electrons. The zero-order chi connectivity index (χ0) is 21.8. The van der Waals surface area contributed by atoms with E-state index in [9.17, 15) is 9.59 Å². The van der Waals surface area contributed by atoms with Crippen LogP contribution in [0.25, 0.3) is 0 Å². The normalized spacial score (nSPS) is 17.4. The zero-order valence-corrected chi connectivity index (χ0v) is 19.0. The Bertz CT molecular complexity index is 933. The van der Waals surface area contributed by atoms with E-state index in [1.54, 1.807) is 6.92 Å². The van der Waals surface area contributed by atoms with Gasteiger partial charge in [-0.25, -0.2) is 0 Å². The number of rotatable bonds is 6. The summed E-state index contributed by atoms with van der Waals surface area (Å²) in [6, 6.07) is 14.3. The number of benzene rings is 2. The maximum absolute atomic E-state index is 12.7. The van der Waals surface area contributed by atoms with Crippen molar-refractivity contribution in [2.75, 3.05) is 26.2 Å². The first-order valence-corrected chi connectivity index (χ1v) is 11.8. The van der Waals surface area contributed by atoms with E-state index in [-0.39, 0.29) is 11.7 Å². The Kier molecular flexibility index (Phi) is 7.09. The van der Waals surface area contributed by atoms with Gasteiger partial charge in [-0.05, 0) is 86.1 Å². The quantitative estimate of drug-likeness (QED) is 0.590. The maximum Gasteiger partial charge on any atom is 0.219 e. The standard InChI is InChI=1S/C26H31ClN2O2/c1-19(30)29-16-12-21-4-5-23(17-24(21)18-29)26(31)3-2-13-28-14-10-22(11-15-28)20-6-8-25(27)9-7-20/h4-9,17,22H,2-3,10-16,18H2,1H3. The van der Waals surface area contributed by atoms with Gasteiger partial charge in [0.15, 0.2) is 5.78 Å². The van der Waals surface area contributed by atoms with E-state index >= 15 is 0 Å². The first-order valence-electron chi connectivity index (χ1n) is 11.4. The molecule has 31 heavy (non-hydrogen) atoms. The van der Waals surface area contributed by atoms with Crippen LogP contribution in [0, 0.1) is 0 Å². The number of piperidine rings is 1. The van der Waals surface area contributed by atoms with Crippen molar-refractivity contribution in [1.29, 1.82) is 0 Å². The fraction of sp³-hybridized carbons (Fsp3) is 0.462. The summed E-state index contributed by atoms with van der Waals surface area (Å²) in [4.78, 5) is 28.8. The molecule has 0 bridgehead atoms. The molecule has 2 aliphatic heterocycles. The molecule has 2 aromatic carbocycles. The molecule has 0 N–H and O–H groups in total. The number of carbonyl (C=O) groups excluding carboxylic acids is 2. The summed E-state index contributed by atoms with van der Waals surface area (Å²) in [5, 5.41) is 0.793. The summed E-state index contributed by atoms with van der Waals surface area (Å²) in [5.74, 6) is 0.918. The molecule has 0 aromatic heterocycles. The molecule has 1 saturated heterocycles. The molecule has 1 amide bonds. The highest BCUT2D eigenvalue weighted by Crippen LogP contribution is 2.29. The largest absolute Gasteiger partial charge is 0.338 e. The lowest BCUT2D eigenvalue weighted by molar-refractivity contribution is -0.129. The van der Waals surface area contributed by atoms with Crippen molar-refractivity contribution in [3.05, 3.63) is 69.7 Å². The number of amides is 1. The summed E-state index contributed by atoms with van der Waals surface area (Å²) in [6.07, 6.45) is 4.66. The maximum atomic E-state index is 12.7. The van der Waals surface area contributed by atoms with Crippen LogP contribution in [0.3, 0.4) is 0 Å². The highest BCUT2D eigenvalue weighted by molar-refractivity contribution is 6.30. The van der Waals surface area contributed by atoms with E-state index in [1.165, 1.54) is 11.1 Å². The first kappa shape index (κ1) is 22.0. The number of hydrogen-bond donors (Lipinski definition) is 0. The highest BCUT2D eigenvalue weighted by atomic mass is 35.5. The molecule has 4 rings (SSSR count). The third-order valence-corrected chi connectivity index (χ3v) is 7.04. The van der Waals surface area contributed by atoms with Crippen molar-refractivity contribution in [3.63, 3.8) is 0 Å². The van der Waals surface area contributed by atoms with Crippen LogP contribution in [-0.4, -0.2) is 47.7 Å². The highest BCUT2D eigenvalue weighted by Gasteiger charge is 2.21. The van der Waals surface area contributed by atoms with Gasteiger partial charge in [-0.15, -0.1) is 0 Å². The lowest BCUT2D eigenvalue weighted by Crippen LogP contribution is -2.34. The molecule has 0 atom stereocenters. The second-order valence-electron chi connectivity index (χ2n) is 8.87. The van der Waals surface area contributed by atoms with Gasteiger partial charge in [-0.3, -0.25) is 9.59 Å². The molecule has 5 heteroatoms. The molecule has 2 aromatic rings. The summed E-state index contributed by atoms with van der Waals surface area (Å²) in [5.41, 5.74) is 4.55. The monoisotopic (exact) mass is 438 g/mol. The van der Waals surface area contributed by atoms with Gasteiger partial charge in [0.2, 0.25) is 5.91 Å². The van der Waals surface area contributed by atoms with Gasteiger partial charge in [0.05, 0.1) is 0 Å². The average molecular weight is 439 g/mol. The van der Waals surface area contributed by atoms with E-state index in [0.29, 0.717) is 18.9 Å². The predicted molar refractivity (Wildman–Crippen MR) is 125 cm³/mol. The SMILES string of the molecule is CC(=O)N1CCc2ccc(C(=O)CCCN3CCC(c4ccc(Cl)cc4)CC3)cc2C1.